The minimum Gasteiger partial charge on any atom is -0.489 e. The zero-order valence-electron chi connectivity index (χ0n) is 28.9. The third-order valence-corrected chi connectivity index (χ3v) is 10.0. The van der Waals surface area contributed by atoms with Crippen molar-refractivity contribution in [2.24, 2.45) is 35.5 Å². The third-order valence-electron chi connectivity index (χ3n) is 10.0. The Morgan fingerprint density at radius 3 is 1.74 bits per heavy atom. The summed E-state index contributed by atoms with van der Waals surface area (Å²) in [5, 5.41) is 15.0. The summed E-state index contributed by atoms with van der Waals surface area (Å²) in [5.74, 6) is 1.72. The molecule has 4 rings (SSSR count). The van der Waals surface area contributed by atoms with E-state index in [4.69, 9.17) is 19.3 Å². The number of carboxylic acid groups (broad SMARTS) is 1. The zero-order chi connectivity index (χ0) is 34.1. The van der Waals surface area contributed by atoms with Gasteiger partial charge in [-0.1, -0.05) is 79.4 Å². The van der Waals surface area contributed by atoms with Crippen LogP contribution < -0.4 is 15.4 Å². The van der Waals surface area contributed by atoms with E-state index < -0.39 is 5.97 Å². The summed E-state index contributed by atoms with van der Waals surface area (Å²) in [6.07, 6.45) is 6.50. The lowest BCUT2D eigenvalue weighted by atomic mass is 9.72. The molecule has 47 heavy (non-hydrogen) atoms. The molecule has 2 aliphatic carbocycles. The first kappa shape index (κ1) is 36.4. The van der Waals surface area contributed by atoms with Crippen LogP contribution in [0.5, 0.6) is 5.75 Å². The van der Waals surface area contributed by atoms with Crippen molar-refractivity contribution < 1.29 is 33.7 Å². The second-order valence-corrected chi connectivity index (χ2v) is 14.3. The molecule has 2 aromatic carbocycles. The molecular formula is C38H54N2O7. The minimum absolute atomic E-state index is 0.0279. The van der Waals surface area contributed by atoms with E-state index >= 15 is 0 Å². The van der Waals surface area contributed by atoms with E-state index in [1.807, 2.05) is 0 Å². The number of carbonyl (C=O) groups is 3. The number of carboxylic acids is 1. The SMILES string of the molecule is CC(C)C1C(C)CCCC1OCC(=O)Nc1ccc(OCc2ccc(C(=O)O)cc2)cc1NC(=O)COC1CCCC(C)C1C(C)C. The van der Waals surface area contributed by atoms with Crippen LogP contribution in [0.2, 0.25) is 0 Å². The highest BCUT2D eigenvalue weighted by atomic mass is 16.5. The van der Waals surface area contributed by atoms with Gasteiger partial charge in [0.15, 0.2) is 0 Å². The number of nitrogens with one attached hydrogen (secondary N) is 2. The van der Waals surface area contributed by atoms with E-state index in [9.17, 15) is 14.4 Å². The van der Waals surface area contributed by atoms with Crippen LogP contribution in [0.25, 0.3) is 0 Å². The predicted octanol–water partition coefficient (Wildman–Crippen LogP) is 7.80. The van der Waals surface area contributed by atoms with Gasteiger partial charge < -0.3 is 30.0 Å². The highest BCUT2D eigenvalue weighted by Gasteiger charge is 2.35. The summed E-state index contributed by atoms with van der Waals surface area (Å²) in [6.45, 7) is 13.4. The van der Waals surface area contributed by atoms with Gasteiger partial charge >= 0.3 is 5.97 Å². The van der Waals surface area contributed by atoms with E-state index in [0.717, 1.165) is 31.2 Å². The van der Waals surface area contributed by atoms with E-state index in [1.54, 1.807) is 30.3 Å². The van der Waals surface area contributed by atoms with Gasteiger partial charge in [-0.25, -0.2) is 4.79 Å². The molecule has 2 fully saturated rings. The summed E-state index contributed by atoms with van der Waals surface area (Å²) < 4.78 is 18.4. The standard InChI is InChI=1S/C38H54N2O7/c1-23(2)36-25(5)9-7-11-32(36)46-21-34(41)39-30-18-17-29(45-20-27-13-15-28(16-14-27)38(43)44)19-31(30)40-35(42)22-47-33-12-8-10-26(6)37(33)24(3)4/h13-19,23-26,32-33,36-37H,7-12,20-22H2,1-6H3,(H,39,41)(H,40,42)(H,43,44). The lowest BCUT2D eigenvalue weighted by Gasteiger charge is -2.39. The topological polar surface area (TPSA) is 123 Å². The first-order valence-electron chi connectivity index (χ1n) is 17.3. The van der Waals surface area contributed by atoms with Crippen molar-refractivity contribution in [1.82, 2.24) is 0 Å². The number of hydrogen-bond acceptors (Lipinski definition) is 6. The van der Waals surface area contributed by atoms with Crippen LogP contribution in [0.1, 0.15) is 96.0 Å². The summed E-state index contributed by atoms with van der Waals surface area (Å²) in [6, 6.07) is 11.6. The fourth-order valence-electron chi connectivity index (χ4n) is 7.82. The number of hydrogen-bond donors (Lipinski definition) is 3. The van der Waals surface area contributed by atoms with Crippen LogP contribution in [-0.2, 0) is 25.7 Å². The molecule has 2 amide bonds. The Labute approximate surface area is 280 Å². The van der Waals surface area contributed by atoms with Crippen LogP contribution in [0, 0.1) is 35.5 Å². The van der Waals surface area contributed by atoms with Crippen LogP contribution in [0.15, 0.2) is 42.5 Å². The number of ether oxygens (including phenoxy) is 3. The normalized spacial score (nSPS) is 24.6. The van der Waals surface area contributed by atoms with Gasteiger partial charge in [0.25, 0.3) is 0 Å². The van der Waals surface area contributed by atoms with Gasteiger partial charge in [-0.2, -0.15) is 0 Å². The average Bonchev–Trinajstić information content (AvgIpc) is 3.02. The van der Waals surface area contributed by atoms with Crippen LogP contribution in [0.3, 0.4) is 0 Å². The molecule has 6 unspecified atom stereocenters. The quantitative estimate of drug-likeness (QED) is 0.191. The van der Waals surface area contributed by atoms with Crippen molar-refractivity contribution in [2.75, 3.05) is 23.8 Å². The molecular weight excluding hydrogens is 596 g/mol. The number of aromatic carboxylic acids is 1. The third kappa shape index (κ3) is 10.3. The lowest BCUT2D eigenvalue weighted by Crippen LogP contribution is -2.38. The van der Waals surface area contributed by atoms with Gasteiger partial charge in [-0.3, -0.25) is 9.59 Å². The van der Waals surface area contributed by atoms with E-state index in [0.29, 0.717) is 52.6 Å². The summed E-state index contributed by atoms with van der Waals surface area (Å²) in [7, 11) is 0. The van der Waals surface area contributed by atoms with Gasteiger partial charge in [0.2, 0.25) is 11.8 Å². The molecule has 6 atom stereocenters. The van der Waals surface area contributed by atoms with Crippen molar-refractivity contribution in [3.63, 3.8) is 0 Å². The lowest BCUT2D eigenvalue weighted by molar-refractivity contribution is -0.127. The Bertz CT molecular complexity index is 1340. The fourth-order valence-corrected chi connectivity index (χ4v) is 7.82. The van der Waals surface area contributed by atoms with Crippen LogP contribution in [0.4, 0.5) is 11.4 Å². The molecule has 0 aliphatic heterocycles. The zero-order valence-corrected chi connectivity index (χ0v) is 28.9. The fraction of sp³-hybridized carbons (Fsp3) is 0.605. The molecule has 2 aliphatic rings. The van der Waals surface area contributed by atoms with Gasteiger partial charge in [0.1, 0.15) is 25.6 Å². The second kappa shape index (κ2) is 17.1. The first-order valence-corrected chi connectivity index (χ1v) is 17.3. The maximum atomic E-state index is 13.2. The highest BCUT2D eigenvalue weighted by Crippen LogP contribution is 2.38. The number of carbonyl (C=O) groups excluding carboxylic acids is 2. The number of rotatable bonds is 14. The number of anilines is 2. The van der Waals surface area contributed by atoms with E-state index in [1.165, 1.54) is 25.0 Å². The van der Waals surface area contributed by atoms with Gasteiger partial charge in [-0.15, -0.1) is 0 Å². The number of amides is 2. The Hall–Kier alpha value is -3.43. The molecule has 0 heterocycles. The van der Waals surface area contributed by atoms with Crippen molar-refractivity contribution in [3.05, 3.63) is 53.6 Å². The minimum atomic E-state index is -0.990. The summed E-state index contributed by atoms with van der Waals surface area (Å²) in [4.78, 5) is 37.6. The molecule has 2 aromatic rings. The average molecular weight is 651 g/mol. The van der Waals surface area contributed by atoms with Crippen LogP contribution in [-0.4, -0.2) is 48.3 Å². The molecule has 3 N–H and O–H groups in total. The van der Waals surface area contributed by atoms with Crippen molar-refractivity contribution in [2.45, 2.75) is 98.9 Å². The Morgan fingerprint density at radius 2 is 1.26 bits per heavy atom. The maximum Gasteiger partial charge on any atom is 0.335 e. The molecule has 0 saturated heterocycles. The van der Waals surface area contributed by atoms with E-state index in [-0.39, 0.29) is 49.4 Å². The molecule has 0 spiro atoms. The molecule has 258 valence electrons. The van der Waals surface area contributed by atoms with Crippen LogP contribution >= 0.6 is 0 Å². The molecule has 0 aromatic heterocycles. The smallest absolute Gasteiger partial charge is 0.335 e. The Morgan fingerprint density at radius 1 is 0.745 bits per heavy atom. The molecule has 9 nitrogen and oxygen atoms in total. The van der Waals surface area contributed by atoms with Gasteiger partial charge in [0, 0.05) is 6.07 Å². The monoisotopic (exact) mass is 650 g/mol. The molecule has 0 bridgehead atoms. The summed E-state index contributed by atoms with van der Waals surface area (Å²) in [5.41, 5.74) is 1.83. The highest BCUT2D eigenvalue weighted by molar-refractivity contribution is 6.00. The van der Waals surface area contributed by atoms with Crippen molar-refractivity contribution >= 4 is 29.2 Å². The Kier molecular flexibility index (Phi) is 13.3. The van der Waals surface area contributed by atoms with Crippen molar-refractivity contribution in [3.8, 4) is 5.75 Å². The Balaban J connectivity index is 1.44. The molecule has 0 radical (unpaired) electrons. The van der Waals surface area contributed by atoms with Gasteiger partial charge in [0.05, 0.1) is 29.1 Å². The first-order chi connectivity index (χ1) is 22.4. The van der Waals surface area contributed by atoms with Gasteiger partial charge in [-0.05, 0) is 78.2 Å². The molecule has 9 heteroatoms. The second-order valence-electron chi connectivity index (χ2n) is 14.3. The largest absolute Gasteiger partial charge is 0.489 e. The summed E-state index contributed by atoms with van der Waals surface area (Å²) >= 11 is 0. The predicted molar refractivity (Wildman–Crippen MR) is 184 cm³/mol. The maximum absolute atomic E-state index is 13.2. The number of benzene rings is 2. The molecule has 2 saturated carbocycles. The van der Waals surface area contributed by atoms with E-state index in [2.05, 4.69) is 52.2 Å². The van der Waals surface area contributed by atoms with Crippen molar-refractivity contribution in [1.29, 1.82) is 0 Å².